The highest BCUT2D eigenvalue weighted by Crippen LogP contribution is 2.28. The van der Waals surface area contributed by atoms with Crippen LogP contribution in [-0.2, 0) is 14.8 Å². The Balaban J connectivity index is 2.69. The molecule has 6 nitrogen and oxygen atoms in total. The number of pyridine rings is 1. The summed E-state index contributed by atoms with van der Waals surface area (Å²) in [6, 6.07) is 6.71. The summed E-state index contributed by atoms with van der Waals surface area (Å²) in [5.74, 6) is -1.22. The molecular formula is C15H16N2O4S. The number of rotatable bonds is 6. The largest absolute Gasteiger partial charge is 0.480 e. The van der Waals surface area contributed by atoms with Crippen molar-refractivity contribution in [2.24, 2.45) is 0 Å². The zero-order valence-electron chi connectivity index (χ0n) is 12.1. The van der Waals surface area contributed by atoms with Gasteiger partial charge in [-0.05, 0) is 30.7 Å². The van der Waals surface area contributed by atoms with Gasteiger partial charge in [-0.1, -0.05) is 12.1 Å². The molecule has 0 saturated heterocycles. The molecule has 0 aliphatic carbocycles. The highest BCUT2D eigenvalue weighted by atomic mass is 32.2. The number of carboxylic acids is 1. The molecule has 1 aromatic heterocycles. The fourth-order valence-electron chi connectivity index (χ4n) is 2.25. The minimum atomic E-state index is -3.97. The first-order chi connectivity index (χ1) is 10.4. The second-order valence-electron chi connectivity index (χ2n) is 4.76. The third-order valence-corrected chi connectivity index (χ3v) is 5.19. The highest BCUT2D eigenvalue weighted by molar-refractivity contribution is 7.89. The molecule has 0 radical (unpaired) electrons. The van der Waals surface area contributed by atoms with Crippen LogP contribution < -0.4 is 0 Å². The standard InChI is InChI=1S/C15H16N2O4S/c1-3-9-17(10-14(18)19)22(20,21)15-11(2)6-7-13-12(15)5-4-8-16-13/h3-8H,1,9-10H2,2H3,(H,18,19). The van der Waals surface area contributed by atoms with Crippen LogP contribution in [-0.4, -0.2) is 41.9 Å². The van der Waals surface area contributed by atoms with Crippen molar-refractivity contribution in [2.75, 3.05) is 13.1 Å². The second kappa shape index (κ2) is 6.25. The molecule has 0 bridgehead atoms. The molecule has 1 N–H and O–H groups in total. The average molecular weight is 320 g/mol. The summed E-state index contributed by atoms with van der Waals surface area (Å²) in [4.78, 5) is 15.2. The minimum Gasteiger partial charge on any atom is -0.480 e. The van der Waals surface area contributed by atoms with Crippen molar-refractivity contribution in [3.63, 3.8) is 0 Å². The van der Waals surface area contributed by atoms with E-state index in [4.69, 9.17) is 5.11 Å². The Hall–Kier alpha value is -2.25. The van der Waals surface area contributed by atoms with Gasteiger partial charge in [0, 0.05) is 18.1 Å². The molecule has 0 aliphatic heterocycles. The van der Waals surface area contributed by atoms with Gasteiger partial charge in [-0.25, -0.2) is 8.42 Å². The van der Waals surface area contributed by atoms with Crippen molar-refractivity contribution in [1.29, 1.82) is 0 Å². The van der Waals surface area contributed by atoms with Crippen molar-refractivity contribution in [2.45, 2.75) is 11.8 Å². The first-order valence-electron chi connectivity index (χ1n) is 6.55. The van der Waals surface area contributed by atoms with Crippen LogP contribution in [0.3, 0.4) is 0 Å². The quantitative estimate of drug-likeness (QED) is 0.820. The van der Waals surface area contributed by atoms with Gasteiger partial charge in [0.1, 0.15) is 6.54 Å². The normalized spacial score (nSPS) is 11.7. The molecule has 0 atom stereocenters. The van der Waals surface area contributed by atoms with Crippen LogP contribution in [0.2, 0.25) is 0 Å². The first-order valence-corrected chi connectivity index (χ1v) is 7.99. The van der Waals surface area contributed by atoms with E-state index in [0.29, 0.717) is 16.5 Å². The zero-order chi connectivity index (χ0) is 16.3. The summed E-state index contributed by atoms with van der Waals surface area (Å²) in [6.45, 7) is 4.46. The lowest BCUT2D eigenvalue weighted by molar-refractivity contribution is -0.137. The summed E-state index contributed by atoms with van der Waals surface area (Å²) >= 11 is 0. The predicted molar refractivity (Wildman–Crippen MR) is 83.1 cm³/mol. The smallest absolute Gasteiger partial charge is 0.318 e. The van der Waals surface area contributed by atoms with E-state index in [-0.39, 0.29) is 11.4 Å². The van der Waals surface area contributed by atoms with Gasteiger partial charge in [-0.2, -0.15) is 4.31 Å². The van der Waals surface area contributed by atoms with Gasteiger partial charge in [-0.15, -0.1) is 6.58 Å². The average Bonchev–Trinajstić information content (AvgIpc) is 2.46. The number of benzene rings is 1. The number of aliphatic carboxylic acids is 1. The fraction of sp³-hybridized carbons (Fsp3) is 0.200. The topological polar surface area (TPSA) is 87.6 Å². The summed E-state index contributed by atoms with van der Waals surface area (Å²) < 4.78 is 26.6. The minimum absolute atomic E-state index is 0.0786. The molecule has 0 saturated carbocycles. The van der Waals surface area contributed by atoms with Crippen LogP contribution >= 0.6 is 0 Å². The van der Waals surface area contributed by atoms with Crippen LogP contribution in [0.4, 0.5) is 0 Å². The lowest BCUT2D eigenvalue weighted by atomic mass is 10.1. The third kappa shape index (κ3) is 3.00. The summed E-state index contributed by atoms with van der Waals surface area (Å²) in [5, 5.41) is 9.42. The number of nitrogens with zero attached hydrogens (tertiary/aromatic N) is 2. The van der Waals surface area contributed by atoms with Gasteiger partial charge < -0.3 is 5.11 Å². The monoisotopic (exact) mass is 320 g/mol. The molecule has 0 fully saturated rings. The van der Waals surface area contributed by atoms with Crippen LogP contribution in [0.5, 0.6) is 0 Å². The first kappa shape index (κ1) is 16.1. The molecular weight excluding hydrogens is 304 g/mol. The Morgan fingerprint density at radius 3 is 2.77 bits per heavy atom. The van der Waals surface area contributed by atoms with Crippen LogP contribution in [0, 0.1) is 6.92 Å². The van der Waals surface area contributed by atoms with Gasteiger partial charge >= 0.3 is 5.97 Å². The Kier molecular flexibility index (Phi) is 4.58. The highest BCUT2D eigenvalue weighted by Gasteiger charge is 2.29. The summed E-state index contributed by atoms with van der Waals surface area (Å²) in [5.41, 5.74) is 1.08. The van der Waals surface area contributed by atoms with Crippen LogP contribution in [0.25, 0.3) is 10.9 Å². The van der Waals surface area contributed by atoms with Crippen LogP contribution in [0.15, 0.2) is 48.0 Å². The number of fused-ring (bicyclic) bond motifs is 1. The van der Waals surface area contributed by atoms with Crippen molar-refractivity contribution in [3.05, 3.63) is 48.7 Å². The molecule has 2 aromatic rings. The SMILES string of the molecule is C=CCN(CC(=O)O)S(=O)(=O)c1c(C)ccc2ncccc12. The molecule has 0 spiro atoms. The Morgan fingerprint density at radius 2 is 2.14 bits per heavy atom. The Labute approximate surface area is 128 Å². The predicted octanol–water partition coefficient (Wildman–Crippen LogP) is 1.80. The number of hydrogen-bond acceptors (Lipinski definition) is 4. The van der Waals surface area contributed by atoms with Crippen molar-refractivity contribution in [3.8, 4) is 0 Å². The van der Waals surface area contributed by atoms with Gasteiger partial charge in [-0.3, -0.25) is 9.78 Å². The number of carboxylic acid groups (broad SMARTS) is 1. The number of hydrogen-bond donors (Lipinski definition) is 1. The Morgan fingerprint density at radius 1 is 1.41 bits per heavy atom. The van der Waals surface area contributed by atoms with Crippen molar-refractivity contribution >= 4 is 26.9 Å². The van der Waals surface area contributed by atoms with E-state index in [1.54, 1.807) is 37.4 Å². The van der Waals surface area contributed by atoms with E-state index < -0.39 is 22.5 Å². The van der Waals surface area contributed by atoms with E-state index in [1.165, 1.54) is 6.08 Å². The molecule has 1 heterocycles. The van der Waals surface area contributed by atoms with E-state index in [1.807, 2.05) is 0 Å². The molecule has 22 heavy (non-hydrogen) atoms. The van der Waals surface area contributed by atoms with Gasteiger partial charge in [0.15, 0.2) is 0 Å². The fourth-order valence-corrected chi connectivity index (χ4v) is 4.01. The summed E-state index contributed by atoms with van der Waals surface area (Å²) in [7, 11) is -3.97. The van der Waals surface area contributed by atoms with Gasteiger partial charge in [0.2, 0.25) is 10.0 Å². The van der Waals surface area contributed by atoms with E-state index in [0.717, 1.165) is 4.31 Å². The molecule has 1 aromatic carbocycles. The molecule has 0 unspecified atom stereocenters. The maximum absolute atomic E-state index is 12.9. The third-order valence-electron chi connectivity index (χ3n) is 3.17. The summed E-state index contributed by atoms with van der Waals surface area (Å²) in [6.07, 6.45) is 2.94. The maximum atomic E-state index is 12.9. The number of aromatic nitrogens is 1. The van der Waals surface area contributed by atoms with Crippen LogP contribution in [0.1, 0.15) is 5.56 Å². The van der Waals surface area contributed by atoms with E-state index in [9.17, 15) is 13.2 Å². The van der Waals surface area contributed by atoms with E-state index in [2.05, 4.69) is 11.6 Å². The molecule has 116 valence electrons. The number of aryl methyl sites for hydroxylation is 1. The maximum Gasteiger partial charge on any atom is 0.318 e. The lowest BCUT2D eigenvalue weighted by Gasteiger charge is -2.21. The van der Waals surface area contributed by atoms with Gasteiger partial charge in [0.05, 0.1) is 10.4 Å². The van der Waals surface area contributed by atoms with Crippen molar-refractivity contribution in [1.82, 2.24) is 9.29 Å². The van der Waals surface area contributed by atoms with Gasteiger partial charge in [0.25, 0.3) is 0 Å². The molecule has 7 heteroatoms. The second-order valence-corrected chi connectivity index (χ2v) is 6.64. The number of carbonyl (C=O) groups is 1. The zero-order valence-corrected chi connectivity index (χ0v) is 12.9. The molecule has 0 amide bonds. The Bertz CT molecular complexity index is 831. The van der Waals surface area contributed by atoms with E-state index >= 15 is 0 Å². The van der Waals surface area contributed by atoms with Crippen molar-refractivity contribution < 1.29 is 18.3 Å². The number of sulfonamides is 1. The molecule has 2 rings (SSSR count). The molecule has 0 aliphatic rings. The lowest BCUT2D eigenvalue weighted by Crippen LogP contribution is -2.36.